The molecule has 0 bridgehead atoms. The molecule has 0 aliphatic carbocycles. The van der Waals surface area contributed by atoms with Gasteiger partial charge in [-0.2, -0.15) is 5.10 Å². The standard InChI is InChI=1S/C20H16ClF2N5O/c1-27-11-14(17(26-27)18(22)23)19(29)25-20-24-15-4-2-3-5-16(15)28(20)10-12-6-8-13(21)9-7-12/h2-9,11,18H,10H2,1H3,(H,24,25,29). The zero-order valence-corrected chi connectivity index (χ0v) is 16.1. The topological polar surface area (TPSA) is 64.7 Å². The predicted octanol–water partition coefficient (Wildman–Crippen LogP) is 4.66. The summed E-state index contributed by atoms with van der Waals surface area (Å²) in [7, 11) is 1.48. The number of alkyl halides is 2. The Labute approximate surface area is 169 Å². The lowest BCUT2D eigenvalue weighted by atomic mass is 10.2. The molecule has 0 radical (unpaired) electrons. The van der Waals surface area contributed by atoms with Crippen LogP contribution in [0.1, 0.15) is 28.0 Å². The van der Waals surface area contributed by atoms with Crippen molar-refractivity contribution >= 4 is 34.5 Å². The van der Waals surface area contributed by atoms with Crippen LogP contribution in [0.25, 0.3) is 11.0 Å². The molecule has 4 rings (SSSR count). The second-order valence-electron chi connectivity index (χ2n) is 6.49. The van der Waals surface area contributed by atoms with Gasteiger partial charge >= 0.3 is 0 Å². The van der Waals surface area contributed by atoms with Crippen LogP contribution in [0.2, 0.25) is 5.02 Å². The second-order valence-corrected chi connectivity index (χ2v) is 6.93. The van der Waals surface area contributed by atoms with E-state index in [0.717, 1.165) is 11.1 Å². The van der Waals surface area contributed by atoms with E-state index in [0.29, 0.717) is 17.1 Å². The molecule has 148 valence electrons. The van der Waals surface area contributed by atoms with Gasteiger partial charge in [0.25, 0.3) is 12.3 Å². The number of nitrogens with zero attached hydrogens (tertiary/aromatic N) is 4. The number of carbonyl (C=O) groups is 1. The number of hydrogen-bond donors (Lipinski definition) is 1. The van der Waals surface area contributed by atoms with Crippen molar-refractivity contribution < 1.29 is 13.6 Å². The molecule has 6 nitrogen and oxygen atoms in total. The molecule has 0 spiro atoms. The van der Waals surface area contributed by atoms with E-state index in [2.05, 4.69) is 15.4 Å². The van der Waals surface area contributed by atoms with Crippen LogP contribution in [-0.4, -0.2) is 25.2 Å². The van der Waals surface area contributed by atoms with Gasteiger partial charge in [-0.15, -0.1) is 0 Å². The van der Waals surface area contributed by atoms with E-state index < -0.39 is 18.0 Å². The summed E-state index contributed by atoms with van der Waals surface area (Å²) in [6.45, 7) is 0.419. The highest BCUT2D eigenvalue weighted by Crippen LogP contribution is 2.25. The Morgan fingerprint density at radius 3 is 2.62 bits per heavy atom. The second kappa shape index (κ2) is 7.63. The Morgan fingerprint density at radius 2 is 1.90 bits per heavy atom. The van der Waals surface area contributed by atoms with Gasteiger partial charge in [0.1, 0.15) is 5.69 Å². The number of aryl methyl sites for hydroxylation is 1. The molecule has 9 heteroatoms. The summed E-state index contributed by atoms with van der Waals surface area (Å²) in [5, 5.41) is 6.96. The van der Waals surface area contributed by atoms with E-state index in [-0.39, 0.29) is 11.5 Å². The third kappa shape index (κ3) is 3.84. The molecule has 0 saturated heterocycles. The van der Waals surface area contributed by atoms with Crippen LogP contribution in [0.3, 0.4) is 0 Å². The summed E-state index contributed by atoms with van der Waals surface area (Å²) < 4.78 is 29.4. The van der Waals surface area contributed by atoms with Gasteiger partial charge in [-0.25, -0.2) is 13.8 Å². The van der Waals surface area contributed by atoms with Crippen LogP contribution in [0.5, 0.6) is 0 Å². The summed E-state index contributed by atoms with van der Waals surface area (Å²) in [4.78, 5) is 17.2. The minimum absolute atomic E-state index is 0.187. The van der Waals surface area contributed by atoms with Gasteiger partial charge in [-0.3, -0.25) is 14.8 Å². The molecule has 29 heavy (non-hydrogen) atoms. The summed E-state index contributed by atoms with van der Waals surface area (Å²) in [5.74, 6) is -0.434. The van der Waals surface area contributed by atoms with E-state index in [1.54, 1.807) is 12.1 Å². The Kier molecular flexibility index (Phi) is 5.02. The Balaban J connectivity index is 1.72. The zero-order chi connectivity index (χ0) is 20.5. The van der Waals surface area contributed by atoms with Crippen LogP contribution in [0.4, 0.5) is 14.7 Å². The molecular formula is C20H16ClF2N5O. The highest BCUT2D eigenvalue weighted by atomic mass is 35.5. The fourth-order valence-corrected chi connectivity index (χ4v) is 3.24. The van der Waals surface area contributed by atoms with Gasteiger partial charge in [0.2, 0.25) is 5.95 Å². The van der Waals surface area contributed by atoms with Crippen LogP contribution in [0.15, 0.2) is 54.7 Å². The fourth-order valence-electron chi connectivity index (χ4n) is 3.11. The molecule has 2 aromatic carbocycles. The highest BCUT2D eigenvalue weighted by Gasteiger charge is 2.24. The van der Waals surface area contributed by atoms with E-state index >= 15 is 0 Å². The van der Waals surface area contributed by atoms with Crippen LogP contribution in [-0.2, 0) is 13.6 Å². The van der Waals surface area contributed by atoms with E-state index in [9.17, 15) is 13.6 Å². The van der Waals surface area contributed by atoms with Crippen LogP contribution < -0.4 is 5.32 Å². The first-order chi connectivity index (χ1) is 13.9. The third-order valence-corrected chi connectivity index (χ3v) is 4.69. The van der Waals surface area contributed by atoms with Gasteiger partial charge in [0, 0.05) is 18.3 Å². The maximum absolute atomic E-state index is 13.2. The van der Waals surface area contributed by atoms with Gasteiger partial charge in [0.05, 0.1) is 23.1 Å². The average Bonchev–Trinajstić information content (AvgIpc) is 3.25. The first kappa shape index (κ1) is 19.1. The van der Waals surface area contributed by atoms with Gasteiger partial charge in [-0.1, -0.05) is 35.9 Å². The number of nitrogens with one attached hydrogen (secondary N) is 1. The first-order valence-electron chi connectivity index (χ1n) is 8.75. The quantitative estimate of drug-likeness (QED) is 0.515. The van der Waals surface area contributed by atoms with Crippen LogP contribution >= 0.6 is 11.6 Å². The van der Waals surface area contributed by atoms with Gasteiger partial charge in [-0.05, 0) is 29.8 Å². The van der Waals surface area contributed by atoms with Crippen molar-refractivity contribution in [2.24, 2.45) is 7.05 Å². The SMILES string of the molecule is Cn1cc(C(=O)Nc2nc3ccccc3n2Cc2ccc(Cl)cc2)c(C(F)F)n1. The van der Waals surface area contributed by atoms with E-state index in [4.69, 9.17) is 11.6 Å². The largest absolute Gasteiger partial charge is 0.305 e. The summed E-state index contributed by atoms with van der Waals surface area (Å²) in [6.07, 6.45) is -1.59. The zero-order valence-electron chi connectivity index (χ0n) is 15.3. The summed E-state index contributed by atoms with van der Waals surface area (Å²) in [6, 6.07) is 14.7. The molecule has 0 aliphatic rings. The maximum Gasteiger partial charge on any atom is 0.282 e. The van der Waals surface area contributed by atoms with Crippen molar-refractivity contribution in [1.29, 1.82) is 0 Å². The van der Waals surface area contributed by atoms with Crippen molar-refractivity contribution in [3.8, 4) is 0 Å². The lowest BCUT2D eigenvalue weighted by Crippen LogP contribution is -2.17. The fraction of sp³-hybridized carbons (Fsp3) is 0.150. The number of carbonyl (C=O) groups excluding carboxylic acids is 1. The molecule has 2 heterocycles. The molecule has 1 amide bonds. The Morgan fingerprint density at radius 1 is 1.17 bits per heavy atom. The number of benzene rings is 2. The molecule has 4 aromatic rings. The molecule has 0 aliphatic heterocycles. The molecule has 0 fully saturated rings. The summed E-state index contributed by atoms with van der Waals surface area (Å²) in [5.41, 5.74) is 1.68. The Bertz CT molecular complexity index is 1180. The number of halogens is 3. The maximum atomic E-state index is 13.2. The predicted molar refractivity (Wildman–Crippen MR) is 106 cm³/mol. The monoisotopic (exact) mass is 415 g/mol. The van der Waals surface area contributed by atoms with Crippen LogP contribution in [0, 0.1) is 0 Å². The smallest absolute Gasteiger partial charge is 0.282 e. The van der Waals surface area contributed by atoms with Crippen molar-refractivity contribution in [3.63, 3.8) is 0 Å². The minimum Gasteiger partial charge on any atom is -0.305 e. The highest BCUT2D eigenvalue weighted by molar-refractivity contribution is 6.30. The number of aromatic nitrogens is 4. The lowest BCUT2D eigenvalue weighted by Gasteiger charge is -2.10. The number of imidazole rings is 1. The number of para-hydroxylation sites is 2. The average molecular weight is 416 g/mol. The van der Waals surface area contributed by atoms with Gasteiger partial charge < -0.3 is 4.57 Å². The number of hydrogen-bond acceptors (Lipinski definition) is 3. The minimum atomic E-state index is -2.86. The number of anilines is 1. The normalized spacial score (nSPS) is 11.3. The molecule has 0 atom stereocenters. The van der Waals surface area contributed by atoms with E-state index in [1.165, 1.54) is 17.9 Å². The Hall–Kier alpha value is -3.26. The number of rotatable bonds is 5. The number of amides is 1. The molecule has 1 N–H and O–H groups in total. The molecular weight excluding hydrogens is 400 g/mol. The van der Waals surface area contributed by atoms with Gasteiger partial charge in [0.15, 0.2) is 0 Å². The lowest BCUT2D eigenvalue weighted by molar-refractivity contribution is 0.101. The first-order valence-corrected chi connectivity index (χ1v) is 9.13. The molecule has 0 unspecified atom stereocenters. The van der Waals surface area contributed by atoms with Crippen molar-refractivity contribution in [1.82, 2.24) is 19.3 Å². The van der Waals surface area contributed by atoms with E-state index in [1.807, 2.05) is 41.0 Å². The third-order valence-electron chi connectivity index (χ3n) is 4.44. The number of fused-ring (bicyclic) bond motifs is 1. The van der Waals surface area contributed by atoms with Crippen molar-refractivity contribution in [2.75, 3.05) is 5.32 Å². The summed E-state index contributed by atoms with van der Waals surface area (Å²) >= 11 is 5.95. The molecule has 2 aromatic heterocycles. The van der Waals surface area contributed by atoms with Crippen molar-refractivity contribution in [3.05, 3.63) is 76.6 Å². The molecule has 0 saturated carbocycles. The van der Waals surface area contributed by atoms with Crippen molar-refractivity contribution in [2.45, 2.75) is 13.0 Å².